The minimum absolute atomic E-state index is 0.0143. The lowest BCUT2D eigenvalue weighted by Gasteiger charge is -2.13. The Labute approximate surface area is 220 Å². The summed E-state index contributed by atoms with van der Waals surface area (Å²) in [7, 11) is -4.00. The van der Waals surface area contributed by atoms with Gasteiger partial charge >= 0.3 is 6.18 Å². The highest BCUT2D eigenvalue weighted by atomic mass is 32.2. The molecule has 2 heterocycles. The molecule has 0 atom stereocenters. The Balaban J connectivity index is 1.35. The third-order valence-corrected chi connectivity index (χ3v) is 7.33. The molecule has 198 valence electrons. The van der Waals surface area contributed by atoms with Crippen molar-refractivity contribution in [3.05, 3.63) is 83.5 Å². The van der Waals surface area contributed by atoms with Crippen LogP contribution in [0.4, 0.5) is 29.7 Å². The molecular weight excluding hydrogens is 541 g/mol. The molecule has 14 heteroatoms. The zero-order valence-electron chi connectivity index (χ0n) is 19.5. The summed E-state index contributed by atoms with van der Waals surface area (Å²) in [6.07, 6.45) is -1.79. The van der Waals surface area contributed by atoms with Gasteiger partial charge in [0.15, 0.2) is 5.13 Å². The third-order valence-electron chi connectivity index (χ3n) is 5.18. The van der Waals surface area contributed by atoms with Crippen LogP contribution in [0.3, 0.4) is 0 Å². The van der Waals surface area contributed by atoms with Gasteiger partial charge in [-0.3, -0.25) is 14.5 Å². The number of aromatic nitrogens is 2. The number of pyridine rings is 1. The van der Waals surface area contributed by atoms with Gasteiger partial charge in [-0.1, -0.05) is 12.1 Å². The van der Waals surface area contributed by atoms with Gasteiger partial charge in [0, 0.05) is 42.1 Å². The van der Waals surface area contributed by atoms with E-state index >= 15 is 0 Å². The molecule has 4 rings (SSSR count). The number of halogens is 3. The van der Waals surface area contributed by atoms with Crippen molar-refractivity contribution in [2.45, 2.75) is 11.1 Å². The Bertz CT molecular complexity index is 1530. The number of nitrogens with one attached hydrogen (secondary N) is 3. The van der Waals surface area contributed by atoms with E-state index in [0.29, 0.717) is 16.4 Å². The molecule has 0 aliphatic heterocycles. The van der Waals surface area contributed by atoms with Crippen LogP contribution in [0.1, 0.15) is 15.9 Å². The standard InChI is InChI=1S/C24H21F3N6O3S2/c25-24(26,27)16-5-3-15(4-6-16)21-14-37-23(32-21)31-11-10-30-22(34)19-8-7-17(28)12-20(19)33-38(35,36)18-2-1-9-29-13-18/h1-9,12-14,33H,10-11,28H2,(H,30,34)(H,31,32). The van der Waals surface area contributed by atoms with Gasteiger partial charge in [0.25, 0.3) is 15.9 Å². The number of benzene rings is 2. The first-order chi connectivity index (χ1) is 18.0. The molecule has 2 aromatic carbocycles. The zero-order chi connectivity index (χ0) is 27.3. The van der Waals surface area contributed by atoms with E-state index in [-0.39, 0.29) is 34.9 Å². The Kier molecular flexibility index (Phi) is 7.83. The number of thiazole rings is 1. The average Bonchev–Trinajstić information content (AvgIpc) is 3.35. The first-order valence-corrected chi connectivity index (χ1v) is 13.4. The lowest BCUT2D eigenvalue weighted by atomic mass is 10.1. The minimum Gasteiger partial charge on any atom is -0.399 e. The van der Waals surface area contributed by atoms with Gasteiger partial charge in [-0.05, 0) is 42.5 Å². The fraction of sp³-hybridized carbons (Fsp3) is 0.125. The maximum atomic E-state index is 12.8. The van der Waals surface area contributed by atoms with Gasteiger partial charge in [-0.25, -0.2) is 13.4 Å². The number of carbonyl (C=O) groups is 1. The molecule has 0 saturated heterocycles. The number of anilines is 3. The fourth-order valence-corrected chi connectivity index (χ4v) is 5.09. The largest absolute Gasteiger partial charge is 0.416 e. The number of hydrogen-bond donors (Lipinski definition) is 4. The Morgan fingerprint density at radius 2 is 1.82 bits per heavy atom. The summed E-state index contributed by atoms with van der Waals surface area (Å²) in [4.78, 5) is 20.9. The second-order valence-electron chi connectivity index (χ2n) is 7.89. The summed E-state index contributed by atoms with van der Waals surface area (Å²) in [5, 5.41) is 7.96. The highest BCUT2D eigenvalue weighted by Crippen LogP contribution is 2.32. The number of nitrogen functional groups attached to an aromatic ring is 1. The van der Waals surface area contributed by atoms with E-state index in [2.05, 4.69) is 25.3 Å². The van der Waals surface area contributed by atoms with Crippen LogP contribution in [0.2, 0.25) is 0 Å². The van der Waals surface area contributed by atoms with Crippen molar-refractivity contribution < 1.29 is 26.4 Å². The van der Waals surface area contributed by atoms with E-state index in [9.17, 15) is 26.4 Å². The lowest BCUT2D eigenvalue weighted by molar-refractivity contribution is -0.137. The number of rotatable bonds is 9. The maximum Gasteiger partial charge on any atom is 0.416 e. The van der Waals surface area contributed by atoms with Crippen molar-refractivity contribution in [3.63, 3.8) is 0 Å². The summed E-state index contributed by atoms with van der Waals surface area (Å²) in [5.41, 5.74) is 6.47. The minimum atomic E-state index is -4.41. The van der Waals surface area contributed by atoms with Crippen molar-refractivity contribution in [1.29, 1.82) is 0 Å². The molecule has 0 aliphatic rings. The van der Waals surface area contributed by atoms with Gasteiger partial charge in [0.1, 0.15) is 4.90 Å². The normalized spacial score (nSPS) is 11.7. The Morgan fingerprint density at radius 3 is 2.50 bits per heavy atom. The molecule has 38 heavy (non-hydrogen) atoms. The summed E-state index contributed by atoms with van der Waals surface area (Å²) in [6.45, 7) is 0.463. The van der Waals surface area contributed by atoms with Crippen LogP contribution in [-0.4, -0.2) is 37.4 Å². The number of nitrogens with two attached hydrogens (primary N) is 1. The molecule has 0 saturated carbocycles. The number of amides is 1. The lowest BCUT2D eigenvalue weighted by Crippen LogP contribution is -2.29. The number of sulfonamides is 1. The van der Waals surface area contributed by atoms with E-state index < -0.39 is 27.7 Å². The van der Waals surface area contributed by atoms with Gasteiger partial charge in [0.2, 0.25) is 0 Å². The molecule has 0 unspecified atom stereocenters. The van der Waals surface area contributed by atoms with E-state index in [1.54, 1.807) is 5.38 Å². The van der Waals surface area contributed by atoms with Crippen LogP contribution in [-0.2, 0) is 16.2 Å². The summed E-state index contributed by atoms with van der Waals surface area (Å²) < 4.78 is 66.0. The highest BCUT2D eigenvalue weighted by Gasteiger charge is 2.30. The Hall–Kier alpha value is -4.17. The summed E-state index contributed by atoms with van der Waals surface area (Å²) in [6, 6.07) is 11.8. The quantitative estimate of drug-likeness (QED) is 0.175. The van der Waals surface area contributed by atoms with Gasteiger partial charge in [-0.2, -0.15) is 13.2 Å². The third kappa shape index (κ3) is 6.58. The van der Waals surface area contributed by atoms with Gasteiger partial charge in [-0.15, -0.1) is 11.3 Å². The van der Waals surface area contributed by atoms with Crippen LogP contribution in [0.25, 0.3) is 11.3 Å². The van der Waals surface area contributed by atoms with Crippen LogP contribution < -0.4 is 21.1 Å². The van der Waals surface area contributed by atoms with Crippen molar-refractivity contribution in [3.8, 4) is 11.3 Å². The van der Waals surface area contributed by atoms with Crippen molar-refractivity contribution in [1.82, 2.24) is 15.3 Å². The predicted octanol–water partition coefficient (Wildman–Crippen LogP) is 4.45. The smallest absolute Gasteiger partial charge is 0.399 e. The molecule has 5 N–H and O–H groups in total. The second kappa shape index (κ2) is 11.1. The first kappa shape index (κ1) is 26.9. The molecule has 9 nitrogen and oxygen atoms in total. The topological polar surface area (TPSA) is 139 Å². The highest BCUT2D eigenvalue weighted by molar-refractivity contribution is 7.92. The van der Waals surface area contributed by atoms with Gasteiger partial charge in [0.05, 0.1) is 22.5 Å². The number of alkyl halides is 3. The first-order valence-electron chi connectivity index (χ1n) is 11.0. The van der Waals surface area contributed by atoms with E-state index in [1.165, 1.54) is 66.2 Å². The molecule has 0 bridgehead atoms. The molecule has 1 amide bonds. The second-order valence-corrected chi connectivity index (χ2v) is 10.4. The monoisotopic (exact) mass is 562 g/mol. The van der Waals surface area contributed by atoms with E-state index in [0.717, 1.165) is 12.1 Å². The fourth-order valence-electron chi connectivity index (χ4n) is 3.31. The van der Waals surface area contributed by atoms with Crippen LogP contribution in [0.15, 0.2) is 77.3 Å². The molecule has 0 spiro atoms. The molecule has 2 aromatic heterocycles. The average molecular weight is 563 g/mol. The molecule has 0 radical (unpaired) electrons. The summed E-state index contributed by atoms with van der Waals surface area (Å²) >= 11 is 1.26. The number of nitrogens with zero attached hydrogens (tertiary/aromatic N) is 2. The van der Waals surface area contributed by atoms with Crippen LogP contribution >= 0.6 is 11.3 Å². The maximum absolute atomic E-state index is 12.8. The van der Waals surface area contributed by atoms with Crippen molar-refractivity contribution in [2.24, 2.45) is 0 Å². The number of hydrogen-bond acceptors (Lipinski definition) is 8. The van der Waals surface area contributed by atoms with Crippen LogP contribution in [0, 0.1) is 0 Å². The van der Waals surface area contributed by atoms with Crippen molar-refractivity contribution in [2.75, 3.05) is 28.9 Å². The predicted molar refractivity (Wildman–Crippen MR) is 139 cm³/mol. The van der Waals surface area contributed by atoms with E-state index in [4.69, 9.17) is 5.73 Å². The van der Waals surface area contributed by atoms with Crippen molar-refractivity contribution >= 4 is 43.8 Å². The SMILES string of the molecule is Nc1ccc(C(=O)NCCNc2nc(-c3ccc(C(F)(F)F)cc3)cs2)c(NS(=O)(=O)c2cccnc2)c1. The zero-order valence-corrected chi connectivity index (χ0v) is 21.1. The summed E-state index contributed by atoms with van der Waals surface area (Å²) in [5.74, 6) is -0.528. The Morgan fingerprint density at radius 1 is 1.05 bits per heavy atom. The molecule has 0 fully saturated rings. The van der Waals surface area contributed by atoms with Crippen LogP contribution in [0.5, 0.6) is 0 Å². The number of carbonyl (C=O) groups excluding carboxylic acids is 1. The van der Waals surface area contributed by atoms with E-state index in [1.807, 2.05) is 0 Å². The molecule has 0 aliphatic carbocycles. The molecule has 4 aromatic rings. The van der Waals surface area contributed by atoms with Gasteiger partial charge < -0.3 is 16.4 Å². The molecular formula is C24H21F3N6O3S2.